The standard InChI is InChI=1S/C17H14F3N5/c1-11-3-2-4-14(9-11)23-16-24-15(10-21-25-16)22-13-7-5-12(6-8-13)17(18,19)20/h2-10H,1H3,(H2,22,23,24,25). The summed E-state index contributed by atoms with van der Waals surface area (Å²) >= 11 is 0. The molecule has 0 radical (unpaired) electrons. The Morgan fingerprint density at radius 3 is 2.36 bits per heavy atom. The molecule has 0 aliphatic rings. The van der Waals surface area contributed by atoms with Crippen LogP contribution in [0.4, 0.5) is 36.3 Å². The maximum absolute atomic E-state index is 12.6. The molecular weight excluding hydrogens is 331 g/mol. The van der Waals surface area contributed by atoms with Gasteiger partial charge in [-0.3, -0.25) is 0 Å². The third kappa shape index (κ3) is 4.43. The van der Waals surface area contributed by atoms with Gasteiger partial charge in [0.05, 0.1) is 11.8 Å². The first-order valence-electron chi connectivity index (χ1n) is 7.38. The molecule has 1 heterocycles. The molecule has 0 spiro atoms. The predicted octanol–water partition coefficient (Wildman–Crippen LogP) is 4.69. The van der Waals surface area contributed by atoms with Crippen molar-refractivity contribution in [2.24, 2.45) is 0 Å². The molecule has 0 bridgehead atoms. The minimum atomic E-state index is -4.36. The van der Waals surface area contributed by atoms with Crippen LogP contribution >= 0.6 is 0 Å². The Bertz CT molecular complexity index is 863. The lowest BCUT2D eigenvalue weighted by Gasteiger charge is -2.10. The van der Waals surface area contributed by atoms with Crippen LogP contribution in [0.1, 0.15) is 11.1 Å². The Hall–Kier alpha value is -3.16. The van der Waals surface area contributed by atoms with Gasteiger partial charge in [0.1, 0.15) is 0 Å². The van der Waals surface area contributed by atoms with Crippen LogP contribution < -0.4 is 10.6 Å². The Morgan fingerprint density at radius 1 is 0.920 bits per heavy atom. The first-order chi connectivity index (χ1) is 11.9. The number of anilines is 4. The smallest absolute Gasteiger partial charge is 0.339 e. The molecule has 3 rings (SSSR count). The second-order valence-corrected chi connectivity index (χ2v) is 5.36. The number of nitrogens with zero attached hydrogens (tertiary/aromatic N) is 3. The third-order valence-corrected chi connectivity index (χ3v) is 3.32. The maximum Gasteiger partial charge on any atom is 0.416 e. The molecule has 1 aromatic heterocycles. The van der Waals surface area contributed by atoms with Crippen molar-refractivity contribution in [2.75, 3.05) is 10.6 Å². The highest BCUT2D eigenvalue weighted by atomic mass is 19.4. The van der Waals surface area contributed by atoms with Crippen molar-refractivity contribution in [3.8, 4) is 0 Å². The second kappa shape index (κ2) is 6.76. The van der Waals surface area contributed by atoms with Crippen molar-refractivity contribution in [1.82, 2.24) is 15.2 Å². The van der Waals surface area contributed by atoms with Gasteiger partial charge in [-0.05, 0) is 48.9 Å². The molecule has 2 aromatic carbocycles. The number of aromatic nitrogens is 3. The van der Waals surface area contributed by atoms with Gasteiger partial charge in [0.2, 0.25) is 5.95 Å². The van der Waals surface area contributed by atoms with Crippen LogP contribution in [0, 0.1) is 6.92 Å². The highest BCUT2D eigenvalue weighted by Crippen LogP contribution is 2.30. The zero-order chi connectivity index (χ0) is 17.9. The monoisotopic (exact) mass is 345 g/mol. The highest BCUT2D eigenvalue weighted by molar-refractivity contribution is 5.59. The fourth-order valence-electron chi connectivity index (χ4n) is 2.16. The first-order valence-corrected chi connectivity index (χ1v) is 7.38. The molecule has 8 heteroatoms. The van der Waals surface area contributed by atoms with Crippen LogP contribution in [-0.2, 0) is 6.18 Å². The molecule has 0 unspecified atom stereocenters. The summed E-state index contributed by atoms with van der Waals surface area (Å²) in [4.78, 5) is 4.25. The molecule has 25 heavy (non-hydrogen) atoms. The van der Waals surface area contributed by atoms with Gasteiger partial charge in [0.15, 0.2) is 5.82 Å². The average molecular weight is 345 g/mol. The Labute approximate surface area is 141 Å². The number of halogens is 3. The number of hydrogen-bond donors (Lipinski definition) is 2. The Balaban J connectivity index is 1.73. The number of aryl methyl sites for hydroxylation is 1. The van der Waals surface area contributed by atoms with Gasteiger partial charge in [-0.1, -0.05) is 12.1 Å². The summed E-state index contributed by atoms with van der Waals surface area (Å²) in [6, 6.07) is 12.3. The average Bonchev–Trinajstić information content (AvgIpc) is 2.55. The van der Waals surface area contributed by atoms with Crippen LogP contribution in [0.5, 0.6) is 0 Å². The first kappa shape index (κ1) is 16.7. The number of nitrogens with one attached hydrogen (secondary N) is 2. The maximum atomic E-state index is 12.6. The summed E-state index contributed by atoms with van der Waals surface area (Å²) in [5, 5.41) is 13.7. The van der Waals surface area contributed by atoms with Crippen molar-refractivity contribution in [3.63, 3.8) is 0 Å². The summed E-state index contributed by atoms with van der Waals surface area (Å²) < 4.78 is 37.7. The van der Waals surface area contributed by atoms with E-state index >= 15 is 0 Å². The van der Waals surface area contributed by atoms with Crippen molar-refractivity contribution in [3.05, 3.63) is 65.9 Å². The summed E-state index contributed by atoms with van der Waals surface area (Å²) in [7, 11) is 0. The van der Waals surface area contributed by atoms with Crippen LogP contribution in [0.2, 0.25) is 0 Å². The molecule has 0 fully saturated rings. The van der Waals surface area contributed by atoms with Gasteiger partial charge in [0, 0.05) is 11.4 Å². The van der Waals surface area contributed by atoms with E-state index in [0.717, 1.165) is 23.4 Å². The summed E-state index contributed by atoms with van der Waals surface area (Å²) in [5.74, 6) is 0.646. The van der Waals surface area contributed by atoms with Gasteiger partial charge in [-0.25, -0.2) is 0 Å². The lowest BCUT2D eigenvalue weighted by Crippen LogP contribution is -2.05. The van der Waals surface area contributed by atoms with E-state index in [9.17, 15) is 13.2 Å². The zero-order valence-corrected chi connectivity index (χ0v) is 13.2. The lowest BCUT2D eigenvalue weighted by atomic mass is 10.2. The molecule has 0 atom stereocenters. The molecule has 128 valence electrons. The van der Waals surface area contributed by atoms with Crippen LogP contribution in [0.15, 0.2) is 54.7 Å². The molecular formula is C17H14F3N5. The topological polar surface area (TPSA) is 62.7 Å². The summed E-state index contributed by atoms with van der Waals surface area (Å²) in [6.45, 7) is 1.97. The van der Waals surface area contributed by atoms with E-state index in [4.69, 9.17) is 0 Å². The molecule has 5 nitrogen and oxygen atoms in total. The van der Waals surface area contributed by atoms with Crippen LogP contribution in [0.25, 0.3) is 0 Å². The minimum Gasteiger partial charge on any atom is -0.339 e. The molecule has 0 amide bonds. The molecule has 3 aromatic rings. The number of rotatable bonds is 4. The van der Waals surface area contributed by atoms with E-state index < -0.39 is 11.7 Å². The SMILES string of the molecule is Cc1cccc(Nc2nncc(Nc3ccc(C(F)(F)F)cc3)n2)c1. The van der Waals surface area contributed by atoms with Gasteiger partial charge in [-0.15, -0.1) is 5.10 Å². The van der Waals surface area contributed by atoms with E-state index in [1.54, 1.807) is 0 Å². The van der Waals surface area contributed by atoms with Gasteiger partial charge < -0.3 is 10.6 Å². The third-order valence-electron chi connectivity index (χ3n) is 3.32. The van der Waals surface area contributed by atoms with E-state index in [1.165, 1.54) is 18.3 Å². The molecule has 0 saturated heterocycles. The molecule has 0 aliphatic carbocycles. The van der Waals surface area contributed by atoms with Crippen molar-refractivity contribution < 1.29 is 13.2 Å². The van der Waals surface area contributed by atoms with Gasteiger partial charge >= 0.3 is 6.18 Å². The lowest BCUT2D eigenvalue weighted by molar-refractivity contribution is -0.137. The number of alkyl halides is 3. The Morgan fingerprint density at radius 2 is 1.68 bits per heavy atom. The largest absolute Gasteiger partial charge is 0.416 e. The van der Waals surface area contributed by atoms with E-state index in [2.05, 4.69) is 25.8 Å². The summed E-state index contributed by atoms with van der Waals surface area (Å²) in [6.07, 6.45) is -2.97. The van der Waals surface area contributed by atoms with E-state index in [0.29, 0.717) is 11.5 Å². The molecule has 0 saturated carbocycles. The number of benzene rings is 2. The second-order valence-electron chi connectivity index (χ2n) is 5.36. The normalized spacial score (nSPS) is 11.2. The fraction of sp³-hybridized carbons (Fsp3) is 0.118. The van der Waals surface area contributed by atoms with Gasteiger partial charge in [-0.2, -0.15) is 23.3 Å². The number of hydrogen-bond acceptors (Lipinski definition) is 5. The van der Waals surface area contributed by atoms with Crippen molar-refractivity contribution >= 4 is 23.1 Å². The molecule has 0 aliphatic heterocycles. The Kier molecular flexibility index (Phi) is 4.51. The summed E-state index contributed by atoms with van der Waals surface area (Å²) in [5.41, 5.74) is 1.65. The van der Waals surface area contributed by atoms with Crippen molar-refractivity contribution in [2.45, 2.75) is 13.1 Å². The van der Waals surface area contributed by atoms with Crippen LogP contribution in [0.3, 0.4) is 0 Å². The predicted molar refractivity (Wildman–Crippen MR) is 89.0 cm³/mol. The quantitative estimate of drug-likeness (QED) is 0.718. The minimum absolute atomic E-state index is 0.280. The van der Waals surface area contributed by atoms with E-state index in [-0.39, 0.29) is 5.95 Å². The van der Waals surface area contributed by atoms with Crippen molar-refractivity contribution in [1.29, 1.82) is 0 Å². The zero-order valence-electron chi connectivity index (χ0n) is 13.2. The fourth-order valence-corrected chi connectivity index (χ4v) is 2.16. The van der Waals surface area contributed by atoms with E-state index in [1.807, 2.05) is 31.2 Å². The van der Waals surface area contributed by atoms with Crippen LogP contribution in [-0.4, -0.2) is 15.2 Å². The molecule has 2 N–H and O–H groups in total. The highest BCUT2D eigenvalue weighted by Gasteiger charge is 2.29. The van der Waals surface area contributed by atoms with Gasteiger partial charge in [0.25, 0.3) is 0 Å².